The molecule has 1 aromatic rings. The molecule has 0 unspecified atom stereocenters. The fourth-order valence-corrected chi connectivity index (χ4v) is 2.40. The summed E-state index contributed by atoms with van der Waals surface area (Å²) < 4.78 is 0. The van der Waals surface area contributed by atoms with Crippen molar-refractivity contribution in [2.24, 2.45) is 5.41 Å². The van der Waals surface area contributed by atoms with E-state index in [0.717, 1.165) is 25.2 Å². The lowest BCUT2D eigenvalue weighted by Crippen LogP contribution is -2.38. The second-order valence-electron chi connectivity index (χ2n) is 5.72. The van der Waals surface area contributed by atoms with E-state index in [2.05, 4.69) is 18.7 Å². The summed E-state index contributed by atoms with van der Waals surface area (Å²) in [7, 11) is 0. The molecule has 0 saturated heterocycles. The van der Waals surface area contributed by atoms with E-state index in [-0.39, 0.29) is 5.78 Å². The van der Waals surface area contributed by atoms with Crippen LogP contribution >= 0.6 is 23.2 Å². The van der Waals surface area contributed by atoms with E-state index >= 15 is 0 Å². The van der Waals surface area contributed by atoms with Gasteiger partial charge in [0.05, 0.1) is 10.0 Å². The maximum atomic E-state index is 12.4. The highest BCUT2D eigenvalue weighted by Gasteiger charge is 2.27. The van der Waals surface area contributed by atoms with E-state index in [0.29, 0.717) is 10.0 Å². The summed E-state index contributed by atoms with van der Waals surface area (Å²) in [5, 5.41) is 1.01. The van der Waals surface area contributed by atoms with Crippen LogP contribution < -0.4 is 0 Å². The Morgan fingerprint density at radius 3 is 2.33 bits per heavy atom. The minimum absolute atomic E-state index is 0.112. The van der Waals surface area contributed by atoms with Crippen LogP contribution in [0.15, 0.2) is 24.3 Å². The second-order valence-corrected chi connectivity index (χ2v) is 6.53. The molecule has 0 saturated carbocycles. The number of ketones is 1. The van der Waals surface area contributed by atoms with Crippen molar-refractivity contribution in [3.05, 3.63) is 39.9 Å². The predicted octanol–water partition coefficient (Wildman–Crippen LogP) is 4.94. The van der Waals surface area contributed by atoms with Gasteiger partial charge in [-0.3, -0.25) is 4.79 Å². The van der Waals surface area contributed by atoms with Crippen LogP contribution in [0, 0.1) is 5.41 Å². The third-order valence-corrected chi connectivity index (χ3v) is 4.29. The highest BCUT2D eigenvalue weighted by molar-refractivity contribution is 6.42. The van der Waals surface area contributed by atoms with E-state index in [9.17, 15) is 4.79 Å². The molecular formula is C17H23Cl2NO. The SMILES string of the molecule is CCN(CC)CC(C)(C)C(=O)C=Cc1ccc(Cl)c(Cl)c1. The molecule has 0 aliphatic carbocycles. The first-order valence-corrected chi connectivity index (χ1v) is 7.95. The summed E-state index contributed by atoms with van der Waals surface area (Å²) in [6, 6.07) is 5.33. The average molecular weight is 328 g/mol. The molecule has 0 bridgehead atoms. The summed E-state index contributed by atoms with van der Waals surface area (Å²) >= 11 is 11.8. The third-order valence-electron chi connectivity index (χ3n) is 3.55. The molecule has 116 valence electrons. The van der Waals surface area contributed by atoms with Gasteiger partial charge in [-0.2, -0.15) is 0 Å². The minimum Gasteiger partial charge on any atom is -0.303 e. The second kappa shape index (κ2) is 7.98. The Hall–Kier alpha value is -0.830. The lowest BCUT2D eigenvalue weighted by molar-refractivity contribution is -0.123. The van der Waals surface area contributed by atoms with E-state index in [1.807, 2.05) is 19.9 Å². The number of allylic oxidation sites excluding steroid dienone is 1. The van der Waals surface area contributed by atoms with Gasteiger partial charge in [-0.15, -0.1) is 0 Å². The van der Waals surface area contributed by atoms with Gasteiger partial charge in [0, 0.05) is 12.0 Å². The first-order valence-electron chi connectivity index (χ1n) is 7.20. The number of benzene rings is 1. The standard InChI is InChI=1S/C17H23Cl2NO/c1-5-20(6-2)12-17(3,4)16(21)10-8-13-7-9-14(18)15(19)11-13/h7-11H,5-6,12H2,1-4H3. The number of hydrogen-bond acceptors (Lipinski definition) is 2. The topological polar surface area (TPSA) is 20.3 Å². The molecule has 0 amide bonds. The van der Waals surface area contributed by atoms with Crippen LogP contribution in [0.2, 0.25) is 10.0 Å². The van der Waals surface area contributed by atoms with E-state index in [1.165, 1.54) is 0 Å². The smallest absolute Gasteiger partial charge is 0.162 e. The molecule has 0 radical (unpaired) electrons. The van der Waals surface area contributed by atoms with Crippen molar-refractivity contribution in [2.75, 3.05) is 19.6 Å². The molecule has 1 rings (SSSR count). The Morgan fingerprint density at radius 2 is 1.81 bits per heavy atom. The predicted molar refractivity (Wildman–Crippen MR) is 92.1 cm³/mol. The molecule has 2 nitrogen and oxygen atoms in total. The molecule has 0 N–H and O–H groups in total. The molecule has 21 heavy (non-hydrogen) atoms. The lowest BCUT2D eigenvalue weighted by Gasteiger charge is -2.29. The van der Waals surface area contributed by atoms with Crippen molar-refractivity contribution in [2.45, 2.75) is 27.7 Å². The van der Waals surface area contributed by atoms with Crippen LogP contribution in [0.5, 0.6) is 0 Å². The minimum atomic E-state index is -0.404. The van der Waals surface area contributed by atoms with Gasteiger partial charge in [-0.1, -0.05) is 63.0 Å². The van der Waals surface area contributed by atoms with E-state index in [1.54, 1.807) is 24.3 Å². The summed E-state index contributed by atoms with van der Waals surface area (Å²) in [6.45, 7) is 10.8. The maximum Gasteiger partial charge on any atom is 0.162 e. The highest BCUT2D eigenvalue weighted by Crippen LogP contribution is 2.24. The summed E-state index contributed by atoms with van der Waals surface area (Å²) in [4.78, 5) is 14.6. The lowest BCUT2D eigenvalue weighted by atomic mass is 9.87. The van der Waals surface area contributed by atoms with Crippen LogP contribution in [-0.4, -0.2) is 30.3 Å². The van der Waals surface area contributed by atoms with Crippen LogP contribution in [0.4, 0.5) is 0 Å². The first-order chi connectivity index (χ1) is 9.80. The quantitative estimate of drug-likeness (QED) is 0.661. The molecule has 0 aliphatic heterocycles. The van der Waals surface area contributed by atoms with Crippen molar-refractivity contribution in [1.29, 1.82) is 0 Å². The molecule has 0 atom stereocenters. The zero-order chi connectivity index (χ0) is 16.0. The molecule has 1 aromatic carbocycles. The van der Waals surface area contributed by atoms with Crippen molar-refractivity contribution in [3.63, 3.8) is 0 Å². The molecule has 0 aliphatic rings. The maximum absolute atomic E-state index is 12.4. The molecular weight excluding hydrogens is 305 g/mol. The largest absolute Gasteiger partial charge is 0.303 e. The molecule has 0 fully saturated rings. The zero-order valence-electron chi connectivity index (χ0n) is 13.1. The van der Waals surface area contributed by atoms with Crippen molar-refractivity contribution >= 4 is 35.1 Å². The third kappa shape index (κ3) is 5.46. The van der Waals surface area contributed by atoms with Crippen molar-refractivity contribution in [3.8, 4) is 0 Å². The van der Waals surface area contributed by atoms with Crippen molar-refractivity contribution in [1.82, 2.24) is 4.90 Å². The number of hydrogen-bond donors (Lipinski definition) is 0. The zero-order valence-corrected chi connectivity index (χ0v) is 14.6. The molecule has 0 spiro atoms. The number of nitrogens with zero attached hydrogens (tertiary/aromatic N) is 1. The van der Waals surface area contributed by atoms with Gasteiger partial charge >= 0.3 is 0 Å². The van der Waals surface area contributed by atoms with Gasteiger partial charge in [-0.05, 0) is 36.9 Å². The molecule has 4 heteroatoms. The molecule has 0 aromatic heterocycles. The number of rotatable bonds is 7. The summed E-state index contributed by atoms with van der Waals surface area (Å²) in [5.74, 6) is 0.112. The van der Waals surface area contributed by atoms with Gasteiger partial charge in [0.15, 0.2) is 5.78 Å². The van der Waals surface area contributed by atoms with Gasteiger partial charge < -0.3 is 4.90 Å². The Bertz CT molecular complexity index is 520. The Balaban J connectivity index is 2.78. The normalized spacial score (nSPS) is 12.3. The van der Waals surface area contributed by atoms with Gasteiger partial charge in [-0.25, -0.2) is 0 Å². The van der Waals surface area contributed by atoms with Gasteiger partial charge in [0.1, 0.15) is 0 Å². The Morgan fingerprint density at radius 1 is 1.19 bits per heavy atom. The van der Waals surface area contributed by atoms with Gasteiger partial charge in [0.25, 0.3) is 0 Å². The summed E-state index contributed by atoms with van der Waals surface area (Å²) in [6.07, 6.45) is 3.41. The first kappa shape index (κ1) is 18.2. The fourth-order valence-electron chi connectivity index (χ4n) is 2.10. The van der Waals surface area contributed by atoms with Crippen LogP contribution in [0.3, 0.4) is 0 Å². The van der Waals surface area contributed by atoms with Gasteiger partial charge in [0.2, 0.25) is 0 Å². The number of carbonyl (C=O) groups excluding carboxylic acids is 1. The van der Waals surface area contributed by atoms with E-state index < -0.39 is 5.41 Å². The monoisotopic (exact) mass is 327 g/mol. The van der Waals surface area contributed by atoms with Crippen molar-refractivity contribution < 1.29 is 4.79 Å². The Kier molecular flexibility index (Phi) is 6.92. The number of carbonyl (C=O) groups is 1. The van der Waals surface area contributed by atoms with Crippen LogP contribution in [-0.2, 0) is 4.79 Å². The highest BCUT2D eigenvalue weighted by atomic mass is 35.5. The number of halogens is 2. The average Bonchev–Trinajstić information content (AvgIpc) is 2.45. The summed E-state index contributed by atoms with van der Waals surface area (Å²) in [5.41, 5.74) is 0.468. The molecule has 0 heterocycles. The Labute approximate surface area is 137 Å². The fraction of sp³-hybridized carbons (Fsp3) is 0.471. The van der Waals surface area contributed by atoms with Crippen LogP contribution in [0.1, 0.15) is 33.3 Å². The van der Waals surface area contributed by atoms with Crippen LogP contribution in [0.25, 0.3) is 6.08 Å². The van der Waals surface area contributed by atoms with E-state index in [4.69, 9.17) is 23.2 Å².